The molecule has 3 aromatic rings. The van der Waals surface area contributed by atoms with Gasteiger partial charge in [0.1, 0.15) is 35.8 Å². The summed E-state index contributed by atoms with van der Waals surface area (Å²) < 4.78 is 25.9. The molecule has 2 aliphatic rings. The lowest BCUT2D eigenvalue weighted by Crippen LogP contribution is -2.33. The Morgan fingerprint density at radius 1 is 0.941 bits per heavy atom. The molecule has 180 valence electrons. The number of halogens is 2. The predicted octanol–water partition coefficient (Wildman–Crippen LogP) is 6.78. The standard InChI is InChI=1S/C27H28FNO3S.ClH/c28-21-8-4-20(5-9-21)27-26(32-24-13-10-22(30)18-25(24)33-27)19-6-11-23(12-7-19)31-17-16-29-14-2-1-3-15-29;/h4-13,18,26-27,30H,1-3,14-17H2;1H. The third-order valence-corrected chi connectivity index (χ3v) is 7.59. The molecule has 2 heterocycles. The van der Waals surface area contributed by atoms with Crippen LogP contribution in [-0.4, -0.2) is 36.2 Å². The molecule has 2 aliphatic heterocycles. The molecule has 1 saturated heterocycles. The van der Waals surface area contributed by atoms with Gasteiger partial charge in [-0.3, -0.25) is 4.90 Å². The molecule has 5 rings (SSSR count). The third kappa shape index (κ3) is 5.80. The SMILES string of the molecule is Cl.Oc1ccc2c(c1)SC(c1ccc(F)cc1)C(c1ccc(OCCN3CCCCC3)cc1)O2. The maximum absolute atomic E-state index is 13.5. The van der Waals surface area contributed by atoms with Gasteiger partial charge < -0.3 is 14.6 Å². The molecule has 0 amide bonds. The van der Waals surface area contributed by atoms with Crippen LogP contribution in [0.3, 0.4) is 0 Å². The molecule has 0 saturated carbocycles. The van der Waals surface area contributed by atoms with Crippen LogP contribution in [0.5, 0.6) is 17.2 Å². The third-order valence-electron chi connectivity index (χ3n) is 6.24. The number of phenols is 1. The summed E-state index contributed by atoms with van der Waals surface area (Å²) >= 11 is 1.62. The minimum Gasteiger partial charge on any atom is -0.508 e. The highest BCUT2D eigenvalue weighted by Gasteiger charge is 2.33. The van der Waals surface area contributed by atoms with Gasteiger partial charge in [-0.2, -0.15) is 0 Å². The van der Waals surface area contributed by atoms with E-state index >= 15 is 0 Å². The predicted molar refractivity (Wildman–Crippen MR) is 136 cm³/mol. The lowest BCUT2D eigenvalue weighted by atomic mass is 10.00. The largest absolute Gasteiger partial charge is 0.508 e. The summed E-state index contributed by atoms with van der Waals surface area (Å²) in [7, 11) is 0. The Kier molecular flexibility index (Phi) is 8.24. The number of phenolic OH excluding ortho intramolecular Hbond substituents is 1. The highest BCUT2D eigenvalue weighted by Crippen LogP contribution is 2.53. The van der Waals surface area contributed by atoms with Crippen LogP contribution in [0.15, 0.2) is 71.6 Å². The first-order chi connectivity index (χ1) is 16.2. The van der Waals surface area contributed by atoms with E-state index in [2.05, 4.69) is 4.90 Å². The van der Waals surface area contributed by atoms with Gasteiger partial charge in [-0.15, -0.1) is 24.2 Å². The average molecular weight is 502 g/mol. The molecule has 1 N–H and O–H groups in total. The van der Waals surface area contributed by atoms with Crippen LogP contribution in [0.2, 0.25) is 0 Å². The smallest absolute Gasteiger partial charge is 0.140 e. The Balaban J connectivity index is 0.00000274. The number of aromatic hydroxyl groups is 1. The van der Waals surface area contributed by atoms with E-state index < -0.39 is 0 Å². The number of benzene rings is 3. The lowest BCUT2D eigenvalue weighted by Gasteiger charge is -2.34. The van der Waals surface area contributed by atoms with Crippen LogP contribution < -0.4 is 9.47 Å². The van der Waals surface area contributed by atoms with Crippen molar-refractivity contribution in [1.82, 2.24) is 4.90 Å². The maximum atomic E-state index is 13.5. The number of ether oxygens (including phenoxy) is 2. The lowest BCUT2D eigenvalue weighted by molar-refractivity contribution is 0.182. The van der Waals surface area contributed by atoms with Crippen LogP contribution in [0.4, 0.5) is 4.39 Å². The highest BCUT2D eigenvalue weighted by molar-refractivity contribution is 7.99. The van der Waals surface area contributed by atoms with Gasteiger partial charge in [-0.1, -0.05) is 30.7 Å². The Labute approximate surface area is 210 Å². The van der Waals surface area contributed by atoms with E-state index in [9.17, 15) is 9.50 Å². The topological polar surface area (TPSA) is 41.9 Å². The summed E-state index contributed by atoms with van der Waals surface area (Å²) in [5, 5.41) is 9.84. The van der Waals surface area contributed by atoms with Crippen LogP contribution in [0, 0.1) is 5.82 Å². The van der Waals surface area contributed by atoms with Crippen molar-refractivity contribution in [3.05, 3.63) is 83.7 Å². The zero-order chi connectivity index (χ0) is 22.6. The molecule has 0 bridgehead atoms. The zero-order valence-corrected chi connectivity index (χ0v) is 20.5. The fourth-order valence-corrected chi connectivity index (χ4v) is 5.78. The van der Waals surface area contributed by atoms with Gasteiger partial charge in [0.05, 0.1) is 10.1 Å². The minimum atomic E-state index is -0.263. The molecule has 2 unspecified atom stereocenters. The Morgan fingerprint density at radius 2 is 1.65 bits per heavy atom. The summed E-state index contributed by atoms with van der Waals surface area (Å²) in [5.41, 5.74) is 2.00. The van der Waals surface area contributed by atoms with Crippen molar-refractivity contribution in [2.24, 2.45) is 0 Å². The highest BCUT2D eigenvalue weighted by atomic mass is 35.5. The molecular formula is C27H29ClFNO3S. The number of thioether (sulfide) groups is 1. The first-order valence-electron chi connectivity index (χ1n) is 11.5. The molecule has 0 radical (unpaired) electrons. The van der Waals surface area contributed by atoms with Crippen LogP contribution >= 0.6 is 24.2 Å². The molecule has 0 aromatic heterocycles. The van der Waals surface area contributed by atoms with E-state index in [1.165, 1.54) is 44.5 Å². The fraction of sp³-hybridized carbons (Fsp3) is 0.333. The second kappa shape index (κ2) is 11.3. The number of piperidine rings is 1. The molecule has 1 fully saturated rings. The van der Waals surface area contributed by atoms with Crippen molar-refractivity contribution in [3.63, 3.8) is 0 Å². The van der Waals surface area contributed by atoms with E-state index in [1.54, 1.807) is 42.1 Å². The molecule has 2 atom stereocenters. The van der Waals surface area contributed by atoms with Crippen LogP contribution in [0.25, 0.3) is 0 Å². The molecule has 34 heavy (non-hydrogen) atoms. The van der Waals surface area contributed by atoms with Crippen molar-refractivity contribution in [1.29, 1.82) is 0 Å². The average Bonchev–Trinajstić information content (AvgIpc) is 2.85. The van der Waals surface area contributed by atoms with Gasteiger partial charge in [-0.25, -0.2) is 4.39 Å². The number of fused-ring (bicyclic) bond motifs is 1. The molecule has 7 heteroatoms. The van der Waals surface area contributed by atoms with E-state index in [0.29, 0.717) is 6.61 Å². The fourth-order valence-electron chi connectivity index (χ4n) is 4.45. The molecule has 0 spiro atoms. The van der Waals surface area contributed by atoms with E-state index in [-0.39, 0.29) is 35.3 Å². The summed E-state index contributed by atoms with van der Waals surface area (Å²) in [6.45, 7) is 3.98. The number of hydrogen-bond acceptors (Lipinski definition) is 5. The second-order valence-electron chi connectivity index (χ2n) is 8.58. The number of nitrogens with zero attached hydrogens (tertiary/aromatic N) is 1. The zero-order valence-electron chi connectivity index (χ0n) is 18.9. The second-order valence-corrected chi connectivity index (χ2v) is 9.76. The quantitative estimate of drug-likeness (QED) is 0.403. The normalized spacial score (nSPS) is 20.0. The van der Waals surface area contributed by atoms with E-state index in [0.717, 1.165) is 34.1 Å². The number of hydrogen-bond donors (Lipinski definition) is 1. The van der Waals surface area contributed by atoms with Crippen molar-refractivity contribution in [2.75, 3.05) is 26.2 Å². The van der Waals surface area contributed by atoms with Gasteiger partial charge in [0.2, 0.25) is 0 Å². The van der Waals surface area contributed by atoms with Gasteiger partial charge in [0.15, 0.2) is 0 Å². The van der Waals surface area contributed by atoms with E-state index in [1.807, 2.05) is 24.3 Å². The Bertz CT molecular complexity index is 1070. The summed E-state index contributed by atoms with van der Waals surface area (Å²) in [6, 6.07) is 19.8. The van der Waals surface area contributed by atoms with Crippen molar-refractivity contribution >= 4 is 24.2 Å². The number of rotatable bonds is 6. The first kappa shape index (κ1) is 24.7. The Hall–Kier alpha value is -2.41. The monoisotopic (exact) mass is 501 g/mol. The first-order valence-corrected chi connectivity index (χ1v) is 12.4. The Morgan fingerprint density at radius 3 is 2.38 bits per heavy atom. The number of likely N-dealkylation sites (tertiary alicyclic amines) is 1. The summed E-state index contributed by atoms with van der Waals surface area (Å²) in [4.78, 5) is 3.34. The maximum Gasteiger partial charge on any atom is 0.140 e. The van der Waals surface area contributed by atoms with Crippen LogP contribution in [0.1, 0.15) is 41.7 Å². The van der Waals surface area contributed by atoms with Crippen molar-refractivity contribution < 1.29 is 19.0 Å². The van der Waals surface area contributed by atoms with Gasteiger partial charge in [0, 0.05) is 6.54 Å². The molecule has 3 aromatic carbocycles. The molecule has 4 nitrogen and oxygen atoms in total. The summed E-state index contributed by atoms with van der Waals surface area (Å²) in [6.07, 6.45) is 3.66. The minimum absolute atomic E-state index is 0. The van der Waals surface area contributed by atoms with Crippen molar-refractivity contribution in [3.8, 4) is 17.2 Å². The van der Waals surface area contributed by atoms with E-state index in [4.69, 9.17) is 9.47 Å². The molecule has 0 aliphatic carbocycles. The van der Waals surface area contributed by atoms with Crippen LogP contribution in [-0.2, 0) is 0 Å². The molecular weight excluding hydrogens is 473 g/mol. The van der Waals surface area contributed by atoms with Crippen molar-refractivity contribution in [2.45, 2.75) is 35.5 Å². The van der Waals surface area contributed by atoms with Gasteiger partial charge in [-0.05, 0) is 79.5 Å². The summed E-state index contributed by atoms with van der Waals surface area (Å²) in [5.74, 6) is 1.53. The van der Waals surface area contributed by atoms with Gasteiger partial charge >= 0.3 is 0 Å². The van der Waals surface area contributed by atoms with Gasteiger partial charge in [0.25, 0.3) is 0 Å².